The first-order valence-corrected chi connectivity index (χ1v) is 5.26. The van der Waals surface area contributed by atoms with Gasteiger partial charge in [-0.25, -0.2) is 0 Å². The summed E-state index contributed by atoms with van der Waals surface area (Å²) in [4.78, 5) is 26.5. The van der Waals surface area contributed by atoms with E-state index in [2.05, 4.69) is 11.9 Å². The van der Waals surface area contributed by atoms with Gasteiger partial charge in [-0.05, 0) is 26.2 Å². The molecule has 1 aromatic heterocycles. The van der Waals surface area contributed by atoms with Crippen LogP contribution in [-0.4, -0.2) is 16.6 Å². The molecule has 2 rings (SSSR count). The van der Waals surface area contributed by atoms with Crippen LogP contribution in [0.3, 0.4) is 0 Å². The summed E-state index contributed by atoms with van der Waals surface area (Å²) >= 11 is 0. The van der Waals surface area contributed by atoms with Gasteiger partial charge in [-0.1, -0.05) is 6.92 Å². The Hall–Kier alpha value is -1.38. The maximum atomic E-state index is 11.9. The number of hydrogen-bond acceptors (Lipinski definition) is 2. The lowest BCUT2D eigenvalue weighted by Gasteiger charge is -2.17. The monoisotopic (exact) mass is 205 g/mol. The molecule has 0 saturated carbocycles. The average Bonchev–Trinajstić information content (AvgIpc) is 2.40. The van der Waals surface area contributed by atoms with Crippen LogP contribution in [0.15, 0.2) is 0 Å². The lowest BCUT2D eigenvalue weighted by atomic mass is 9.86. The van der Waals surface area contributed by atoms with Gasteiger partial charge >= 0.3 is 0 Å². The van der Waals surface area contributed by atoms with E-state index in [4.69, 9.17) is 0 Å². The fraction of sp³-hybridized carbons (Fsp3) is 0.500. The summed E-state index contributed by atoms with van der Waals surface area (Å²) in [6.07, 6.45) is 1.43. The first-order valence-electron chi connectivity index (χ1n) is 5.26. The van der Waals surface area contributed by atoms with Crippen LogP contribution in [0, 0.1) is 12.8 Å². The Balaban J connectivity index is 2.61. The molecule has 1 heterocycles. The highest BCUT2D eigenvalue weighted by molar-refractivity contribution is 6.10. The van der Waals surface area contributed by atoms with Crippen molar-refractivity contribution in [3.63, 3.8) is 0 Å². The van der Waals surface area contributed by atoms with Gasteiger partial charge in [0.15, 0.2) is 11.6 Å². The number of nitrogens with one attached hydrogen (secondary N) is 1. The fourth-order valence-corrected chi connectivity index (χ4v) is 2.43. The van der Waals surface area contributed by atoms with Gasteiger partial charge in [-0.2, -0.15) is 0 Å². The molecule has 3 nitrogen and oxygen atoms in total. The van der Waals surface area contributed by atoms with E-state index in [0.717, 1.165) is 17.8 Å². The summed E-state index contributed by atoms with van der Waals surface area (Å²) in [5.74, 6) is 0.467. The third kappa shape index (κ3) is 1.52. The summed E-state index contributed by atoms with van der Waals surface area (Å²) in [7, 11) is 0. The van der Waals surface area contributed by atoms with Gasteiger partial charge in [0, 0.05) is 28.9 Å². The third-order valence-electron chi connectivity index (χ3n) is 2.98. The molecule has 0 aromatic carbocycles. The Labute approximate surface area is 88.9 Å². The highest BCUT2D eigenvalue weighted by Gasteiger charge is 2.29. The number of rotatable bonds is 1. The molecular formula is C12H15NO2. The highest BCUT2D eigenvalue weighted by atomic mass is 16.1. The van der Waals surface area contributed by atoms with Gasteiger partial charge in [-0.3, -0.25) is 9.59 Å². The molecule has 0 saturated heterocycles. The fourth-order valence-electron chi connectivity index (χ4n) is 2.43. The molecule has 1 aliphatic rings. The molecular weight excluding hydrogens is 190 g/mol. The maximum Gasteiger partial charge on any atom is 0.165 e. The zero-order chi connectivity index (χ0) is 11.2. The number of H-pyrrole nitrogens is 1. The summed E-state index contributed by atoms with van der Waals surface area (Å²) in [6, 6.07) is 0. The maximum absolute atomic E-state index is 11.9. The Kier molecular flexibility index (Phi) is 2.25. The van der Waals surface area contributed by atoms with E-state index in [1.54, 1.807) is 0 Å². The van der Waals surface area contributed by atoms with E-state index in [-0.39, 0.29) is 11.6 Å². The minimum Gasteiger partial charge on any atom is -0.361 e. The lowest BCUT2D eigenvalue weighted by molar-refractivity contribution is 0.0938. The quantitative estimate of drug-likeness (QED) is 0.715. The van der Waals surface area contributed by atoms with Gasteiger partial charge in [0.2, 0.25) is 0 Å². The number of ketones is 2. The SMILES string of the molecule is CC(=O)c1c(C)[nH]c2c1C(=O)CC(C)C2. The highest BCUT2D eigenvalue weighted by Crippen LogP contribution is 2.29. The number of carbonyl (C=O) groups excluding carboxylic acids is 2. The smallest absolute Gasteiger partial charge is 0.165 e. The molecule has 1 unspecified atom stereocenters. The first-order chi connectivity index (χ1) is 7.00. The minimum atomic E-state index is -0.0205. The van der Waals surface area contributed by atoms with E-state index >= 15 is 0 Å². The van der Waals surface area contributed by atoms with Gasteiger partial charge < -0.3 is 4.98 Å². The molecule has 0 radical (unpaired) electrons. The molecule has 0 bridgehead atoms. The number of aromatic amines is 1. The van der Waals surface area contributed by atoms with E-state index in [1.165, 1.54) is 6.92 Å². The van der Waals surface area contributed by atoms with Crippen molar-refractivity contribution in [2.45, 2.75) is 33.6 Å². The van der Waals surface area contributed by atoms with Crippen molar-refractivity contribution in [2.75, 3.05) is 0 Å². The van der Waals surface area contributed by atoms with Crippen LogP contribution in [-0.2, 0) is 6.42 Å². The van der Waals surface area contributed by atoms with Crippen LogP contribution in [0.25, 0.3) is 0 Å². The Morgan fingerprint density at radius 1 is 1.40 bits per heavy atom. The molecule has 0 fully saturated rings. The van der Waals surface area contributed by atoms with Crippen molar-refractivity contribution >= 4 is 11.6 Å². The van der Waals surface area contributed by atoms with Crippen molar-refractivity contribution in [1.82, 2.24) is 4.98 Å². The molecule has 15 heavy (non-hydrogen) atoms. The van der Waals surface area contributed by atoms with Crippen LogP contribution in [0.4, 0.5) is 0 Å². The second kappa shape index (κ2) is 3.33. The third-order valence-corrected chi connectivity index (χ3v) is 2.98. The Morgan fingerprint density at radius 3 is 2.67 bits per heavy atom. The van der Waals surface area contributed by atoms with E-state index < -0.39 is 0 Å². The summed E-state index contributed by atoms with van der Waals surface area (Å²) in [6.45, 7) is 5.43. The number of aromatic nitrogens is 1. The van der Waals surface area contributed by atoms with E-state index in [9.17, 15) is 9.59 Å². The van der Waals surface area contributed by atoms with Gasteiger partial charge in [0.25, 0.3) is 0 Å². The van der Waals surface area contributed by atoms with Crippen molar-refractivity contribution in [1.29, 1.82) is 0 Å². The standard InChI is InChI=1S/C12H15NO2/c1-6-4-9-12(10(15)5-6)11(8(3)14)7(2)13-9/h6,13H,4-5H2,1-3H3. The van der Waals surface area contributed by atoms with Crippen LogP contribution in [0.5, 0.6) is 0 Å². The number of hydrogen-bond donors (Lipinski definition) is 1. The molecule has 0 spiro atoms. The lowest BCUT2D eigenvalue weighted by Crippen LogP contribution is -2.18. The number of carbonyl (C=O) groups is 2. The van der Waals surface area contributed by atoms with Crippen LogP contribution >= 0.6 is 0 Å². The van der Waals surface area contributed by atoms with Crippen LogP contribution in [0.2, 0.25) is 0 Å². The molecule has 1 N–H and O–H groups in total. The summed E-state index contributed by atoms with van der Waals surface area (Å²) < 4.78 is 0. The first kappa shape index (κ1) is 10.1. The van der Waals surface area contributed by atoms with Crippen molar-refractivity contribution < 1.29 is 9.59 Å². The van der Waals surface area contributed by atoms with Crippen LogP contribution < -0.4 is 0 Å². The Morgan fingerprint density at radius 2 is 2.07 bits per heavy atom. The topological polar surface area (TPSA) is 49.9 Å². The predicted octanol–water partition coefficient (Wildman–Crippen LogP) is 2.29. The second-order valence-corrected chi connectivity index (χ2v) is 4.47. The molecule has 1 aliphatic carbocycles. The van der Waals surface area contributed by atoms with Gasteiger partial charge in [-0.15, -0.1) is 0 Å². The van der Waals surface area contributed by atoms with Crippen molar-refractivity contribution in [3.8, 4) is 0 Å². The van der Waals surface area contributed by atoms with Gasteiger partial charge in [0.05, 0.1) is 0 Å². The number of aryl methyl sites for hydroxylation is 1. The average molecular weight is 205 g/mol. The second-order valence-electron chi connectivity index (χ2n) is 4.47. The van der Waals surface area contributed by atoms with E-state index in [1.807, 2.05) is 6.92 Å². The number of Topliss-reactive ketones (excluding diaryl/α,β-unsaturated/α-hetero) is 2. The molecule has 1 aromatic rings. The zero-order valence-electron chi connectivity index (χ0n) is 9.31. The molecule has 0 aliphatic heterocycles. The normalized spacial score (nSPS) is 20.2. The van der Waals surface area contributed by atoms with Crippen molar-refractivity contribution in [2.24, 2.45) is 5.92 Å². The van der Waals surface area contributed by atoms with Crippen molar-refractivity contribution in [3.05, 3.63) is 22.5 Å². The molecule has 80 valence electrons. The summed E-state index contributed by atoms with van der Waals surface area (Å²) in [5, 5.41) is 0. The van der Waals surface area contributed by atoms with Gasteiger partial charge in [0.1, 0.15) is 0 Å². The largest absolute Gasteiger partial charge is 0.361 e. The molecule has 3 heteroatoms. The molecule has 1 atom stereocenters. The van der Waals surface area contributed by atoms with E-state index in [0.29, 0.717) is 23.5 Å². The number of fused-ring (bicyclic) bond motifs is 1. The Bertz CT molecular complexity index is 443. The minimum absolute atomic E-state index is 0.0205. The molecule has 0 amide bonds. The zero-order valence-corrected chi connectivity index (χ0v) is 9.31. The predicted molar refractivity (Wildman–Crippen MR) is 57.3 cm³/mol. The van der Waals surface area contributed by atoms with Crippen LogP contribution in [0.1, 0.15) is 52.4 Å². The summed E-state index contributed by atoms with van der Waals surface area (Å²) in [5.41, 5.74) is 3.02.